The third-order valence-corrected chi connectivity index (χ3v) is 5.76. The zero-order valence-electron chi connectivity index (χ0n) is 11.4. The normalized spacial score (nSPS) is 14.5. The Bertz CT molecular complexity index is 801. The van der Waals surface area contributed by atoms with Crippen LogP contribution in [0.25, 0.3) is 0 Å². The number of anilines is 1. The summed E-state index contributed by atoms with van der Waals surface area (Å²) in [6.07, 6.45) is 2.12. The molecule has 0 atom stereocenters. The van der Waals surface area contributed by atoms with Crippen LogP contribution in [0.1, 0.15) is 11.3 Å². The van der Waals surface area contributed by atoms with Gasteiger partial charge >= 0.3 is 0 Å². The minimum absolute atomic E-state index is 0.178. The van der Waals surface area contributed by atoms with Gasteiger partial charge in [-0.1, -0.05) is 6.07 Å². The van der Waals surface area contributed by atoms with Gasteiger partial charge < -0.3 is 4.57 Å². The van der Waals surface area contributed by atoms with Crippen LogP contribution in [-0.4, -0.2) is 19.5 Å². The maximum absolute atomic E-state index is 13.4. The summed E-state index contributed by atoms with van der Waals surface area (Å²) >= 11 is 5.78. The van der Waals surface area contributed by atoms with Crippen LogP contribution in [0.15, 0.2) is 35.4 Å². The van der Waals surface area contributed by atoms with E-state index >= 15 is 0 Å². The first-order chi connectivity index (χ1) is 9.93. The second-order valence-corrected chi connectivity index (χ2v) is 7.14. The molecule has 0 spiro atoms. The Labute approximate surface area is 127 Å². The number of rotatable bonds is 3. The predicted octanol–water partition coefficient (Wildman–Crippen LogP) is 2.65. The topological polar surface area (TPSA) is 42.3 Å². The van der Waals surface area contributed by atoms with Gasteiger partial charge in [0.05, 0.1) is 11.6 Å². The molecule has 0 unspecified atom stereocenters. The van der Waals surface area contributed by atoms with Gasteiger partial charge in [-0.2, -0.15) is 0 Å². The summed E-state index contributed by atoms with van der Waals surface area (Å²) in [4.78, 5) is 0.178. The first kappa shape index (κ1) is 14.4. The summed E-state index contributed by atoms with van der Waals surface area (Å²) in [5.41, 5.74) is 1.98. The van der Waals surface area contributed by atoms with Crippen LogP contribution in [0.5, 0.6) is 0 Å². The maximum atomic E-state index is 13.4. The van der Waals surface area contributed by atoms with E-state index in [9.17, 15) is 12.8 Å². The molecule has 0 radical (unpaired) electrons. The van der Waals surface area contributed by atoms with Crippen LogP contribution in [-0.2, 0) is 29.4 Å². The molecule has 4 nitrogen and oxygen atoms in total. The molecule has 0 fully saturated rings. The van der Waals surface area contributed by atoms with E-state index in [1.54, 1.807) is 23.7 Å². The number of nitrogens with zero attached hydrogens (tertiary/aromatic N) is 2. The molecule has 0 saturated heterocycles. The average molecular weight is 329 g/mol. The second-order valence-electron chi connectivity index (χ2n) is 5.01. The third kappa shape index (κ3) is 2.32. The molecule has 0 N–H and O–H groups in total. The maximum Gasteiger partial charge on any atom is 0.265 e. The molecule has 3 rings (SSSR count). The van der Waals surface area contributed by atoms with Gasteiger partial charge in [-0.05, 0) is 30.2 Å². The Morgan fingerprint density at radius 2 is 2.10 bits per heavy atom. The number of hydrogen-bond donors (Lipinski definition) is 0. The van der Waals surface area contributed by atoms with Crippen molar-refractivity contribution in [3.63, 3.8) is 0 Å². The summed E-state index contributed by atoms with van der Waals surface area (Å²) in [5.74, 6) is -0.206. The predicted molar refractivity (Wildman–Crippen MR) is 79.6 cm³/mol. The number of sulfonamides is 1. The molecule has 1 aromatic carbocycles. The van der Waals surface area contributed by atoms with Crippen molar-refractivity contribution >= 4 is 27.3 Å². The van der Waals surface area contributed by atoms with E-state index < -0.39 is 15.8 Å². The van der Waals surface area contributed by atoms with Gasteiger partial charge in [-0.15, -0.1) is 11.6 Å². The van der Waals surface area contributed by atoms with E-state index in [0.717, 1.165) is 5.56 Å². The van der Waals surface area contributed by atoms with E-state index in [0.29, 0.717) is 24.3 Å². The van der Waals surface area contributed by atoms with Crippen molar-refractivity contribution in [2.24, 2.45) is 7.05 Å². The second kappa shape index (κ2) is 5.03. The van der Waals surface area contributed by atoms with Gasteiger partial charge in [-0.3, -0.25) is 4.31 Å². The summed E-state index contributed by atoms with van der Waals surface area (Å²) in [6, 6.07) is 5.81. The quantitative estimate of drug-likeness (QED) is 0.813. The minimum Gasteiger partial charge on any atom is -0.352 e. The van der Waals surface area contributed by atoms with Crippen molar-refractivity contribution in [2.45, 2.75) is 17.2 Å². The largest absolute Gasteiger partial charge is 0.352 e. The van der Waals surface area contributed by atoms with Crippen LogP contribution in [0.4, 0.5) is 10.1 Å². The highest BCUT2D eigenvalue weighted by Gasteiger charge is 2.32. The summed E-state index contributed by atoms with van der Waals surface area (Å²) in [6.45, 7) is 0.326. The van der Waals surface area contributed by atoms with Crippen LogP contribution < -0.4 is 4.31 Å². The van der Waals surface area contributed by atoms with E-state index in [1.165, 1.54) is 22.6 Å². The smallest absolute Gasteiger partial charge is 0.265 e. The molecular formula is C14H14ClFN2O2S. The first-order valence-electron chi connectivity index (χ1n) is 6.46. The Hall–Kier alpha value is -1.53. The van der Waals surface area contributed by atoms with Crippen molar-refractivity contribution in [3.05, 3.63) is 47.5 Å². The Morgan fingerprint density at radius 3 is 2.76 bits per heavy atom. The van der Waals surface area contributed by atoms with Crippen molar-refractivity contribution < 1.29 is 12.8 Å². The fraction of sp³-hybridized carbons (Fsp3) is 0.286. The molecular weight excluding hydrogens is 315 g/mol. The SMILES string of the molecule is Cn1cc(S(=O)(=O)N2CCc3ccc(F)cc32)cc1CCl. The van der Waals surface area contributed by atoms with E-state index in [4.69, 9.17) is 11.6 Å². The molecule has 2 heterocycles. The van der Waals surface area contributed by atoms with Gasteiger partial charge in [-0.25, -0.2) is 12.8 Å². The van der Waals surface area contributed by atoms with Crippen LogP contribution in [0.2, 0.25) is 0 Å². The molecule has 1 aromatic heterocycles. The highest BCUT2D eigenvalue weighted by molar-refractivity contribution is 7.92. The summed E-state index contributed by atoms with van der Waals surface area (Å²) in [5, 5.41) is 0. The van der Waals surface area contributed by atoms with Gasteiger partial charge in [0.15, 0.2) is 0 Å². The number of hydrogen-bond acceptors (Lipinski definition) is 2. The number of benzene rings is 1. The lowest BCUT2D eigenvalue weighted by molar-refractivity contribution is 0.592. The summed E-state index contributed by atoms with van der Waals surface area (Å²) < 4.78 is 41.8. The Morgan fingerprint density at radius 1 is 1.33 bits per heavy atom. The standard InChI is InChI=1S/C14H14ClFN2O2S/c1-17-9-13(7-12(17)8-15)21(19,20)18-5-4-10-2-3-11(16)6-14(10)18/h2-3,6-7,9H,4-5,8H2,1H3. The van der Waals surface area contributed by atoms with E-state index in [-0.39, 0.29) is 10.8 Å². The number of alkyl halides is 1. The number of aryl methyl sites for hydroxylation is 1. The fourth-order valence-electron chi connectivity index (χ4n) is 2.55. The van der Waals surface area contributed by atoms with Gasteiger partial charge in [0, 0.05) is 25.5 Å². The number of halogens is 2. The molecule has 112 valence electrons. The zero-order valence-corrected chi connectivity index (χ0v) is 13.0. The Kier molecular flexibility index (Phi) is 3.45. The fourth-order valence-corrected chi connectivity index (χ4v) is 4.41. The minimum atomic E-state index is -3.69. The highest BCUT2D eigenvalue weighted by atomic mass is 35.5. The molecule has 7 heteroatoms. The van der Waals surface area contributed by atoms with Gasteiger partial charge in [0.1, 0.15) is 10.7 Å². The average Bonchev–Trinajstić information content (AvgIpc) is 3.02. The molecule has 2 aromatic rings. The monoisotopic (exact) mass is 328 g/mol. The lowest BCUT2D eigenvalue weighted by atomic mass is 10.2. The van der Waals surface area contributed by atoms with Crippen molar-refractivity contribution in [1.29, 1.82) is 0 Å². The van der Waals surface area contributed by atoms with Crippen LogP contribution in [0.3, 0.4) is 0 Å². The molecule has 1 aliphatic rings. The highest BCUT2D eigenvalue weighted by Crippen LogP contribution is 2.33. The lowest BCUT2D eigenvalue weighted by Crippen LogP contribution is -2.28. The lowest BCUT2D eigenvalue weighted by Gasteiger charge is -2.18. The molecule has 0 amide bonds. The van der Waals surface area contributed by atoms with Crippen molar-refractivity contribution in [2.75, 3.05) is 10.8 Å². The van der Waals surface area contributed by atoms with E-state index in [2.05, 4.69) is 0 Å². The number of fused-ring (bicyclic) bond motifs is 1. The summed E-state index contributed by atoms with van der Waals surface area (Å²) in [7, 11) is -1.95. The van der Waals surface area contributed by atoms with E-state index in [1.807, 2.05) is 0 Å². The molecule has 1 aliphatic heterocycles. The number of aromatic nitrogens is 1. The van der Waals surface area contributed by atoms with Crippen LogP contribution in [0, 0.1) is 5.82 Å². The Balaban J connectivity index is 2.06. The van der Waals surface area contributed by atoms with Gasteiger partial charge in [0.25, 0.3) is 10.0 Å². The first-order valence-corrected chi connectivity index (χ1v) is 8.43. The third-order valence-electron chi connectivity index (χ3n) is 3.71. The van der Waals surface area contributed by atoms with Crippen molar-refractivity contribution in [3.8, 4) is 0 Å². The molecule has 0 aliphatic carbocycles. The van der Waals surface area contributed by atoms with Crippen molar-refractivity contribution in [1.82, 2.24) is 4.57 Å². The van der Waals surface area contributed by atoms with Crippen LogP contribution >= 0.6 is 11.6 Å². The zero-order chi connectivity index (χ0) is 15.2. The molecule has 21 heavy (non-hydrogen) atoms. The molecule has 0 bridgehead atoms. The van der Waals surface area contributed by atoms with Gasteiger partial charge in [0.2, 0.25) is 0 Å². The molecule has 0 saturated carbocycles.